The van der Waals surface area contributed by atoms with Crippen LogP contribution in [-0.2, 0) is 13.2 Å². The van der Waals surface area contributed by atoms with Gasteiger partial charge in [0.05, 0.1) is 12.7 Å². The number of carboxylic acids is 1. The molecule has 156 valence electrons. The summed E-state index contributed by atoms with van der Waals surface area (Å²) in [4.78, 5) is 11.3. The summed E-state index contributed by atoms with van der Waals surface area (Å²) in [5.74, 6) is 0.285. The molecule has 0 saturated carbocycles. The van der Waals surface area contributed by atoms with Crippen LogP contribution in [0.5, 0.6) is 11.5 Å². The second kappa shape index (κ2) is 9.87. The minimum absolute atomic E-state index is 0.280. The van der Waals surface area contributed by atoms with Crippen molar-refractivity contribution in [2.75, 3.05) is 12.4 Å². The number of carbonyl (C=O) groups is 1. The molecule has 0 amide bonds. The van der Waals surface area contributed by atoms with Crippen LogP contribution in [0.4, 0.5) is 5.69 Å². The number of hydrogen-bond donors (Lipinski definition) is 2. The quantitative estimate of drug-likeness (QED) is 0.387. The van der Waals surface area contributed by atoms with Crippen LogP contribution in [0.25, 0.3) is 0 Å². The SMILES string of the molecule is COc1cc(CNc2cccc(C(=O)O)c2C)c(Br)cc1OCc1ccc(Cl)cc1. The number of ether oxygens (including phenoxy) is 2. The average molecular weight is 491 g/mol. The molecule has 0 radical (unpaired) electrons. The third-order valence-electron chi connectivity index (χ3n) is 4.67. The molecule has 0 aliphatic carbocycles. The van der Waals surface area contributed by atoms with Gasteiger partial charge in [0, 0.05) is 21.7 Å². The van der Waals surface area contributed by atoms with Crippen molar-refractivity contribution in [3.05, 3.63) is 86.3 Å². The summed E-state index contributed by atoms with van der Waals surface area (Å²) in [6, 6.07) is 16.4. The zero-order chi connectivity index (χ0) is 21.7. The fourth-order valence-corrected chi connectivity index (χ4v) is 3.56. The second-order valence-corrected chi connectivity index (χ2v) is 7.94. The Hall–Kier alpha value is -2.70. The molecule has 0 unspecified atom stereocenters. The molecule has 0 aromatic heterocycles. The van der Waals surface area contributed by atoms with E-state index in [-0.39, 0.29) is 5.56 Å². The van der Waals surface area contributed by atoms with Crippen molar-refractivity contribution in [3.8, 4) is 11.5 Å². The van der Waals surface area contributed by atoms with Crippen molar-refractivity contribution in [3.63, 3.8) is 0 Å². The normalized spacial score (nSPS) is 10.5. The molecule has 0 aliphatic rings. The summed E-state index contributed by atoms with van der Waals surface area (Å²) in [5, 5.41) is 13.3. The molecule has 0 aliphatic heterocycles. The second-order valence-electron chi connectivity index (χ2n) is 6.65. The first-order valence-electron chi connectivity index (χ1n) is 9.19. The smallest absolute Gasteiger partial charge is 0.336 e. The summed E-state index contributed by atoms with van der Waals surface area (Å²) in [6.07, 6.45) is 0. The van der Waals surface area contributed by atoms with E-state index in [0.29, 0.717) is 35.2 Å². The van der Waals surface area contributed by atoms with Crippen molar-refractivity contribution < 1.29 is 19.4 Å². The monoisotopic (exact) mass is 489 g/mol. The molecule has 0 saturated heterocycles. The fraction of sp³-hybridized carbons (Fsp3) is 0.174. The van der Waals surface area contributed by atoms with Gasteiger partial charge in [0.2, 0.25) is 0 Å². The third-order valence-corrected chi connectivity index (χ3v) is 5.66. The van der Waals surface area contributed by atoms with E-state index in [2.05, 4.69) is 21.2 Å². The molecule has 3 rings (SSSR count). The highest BCUT2D eigenvalue weighted by atomic mass is 79.9. The lowest BCUT2D eigenvalue weighted by atomic mass is 10.1. The highest BCUT2D eigenvalue weighted by Crippen LogP contribution is 2.34. The van der Waals surface area contributed by atoms with Crippen molar-refractivity contribution in [1.82, 2.24) is 0 Å². The maximum Gasteiger partial charge on any atom is 0.336 e. The summed E-state index contributed by atoms with van der Waals surface area (Å²) >= 11 is 9.51. The number of carboxylic acid groups (broad SMARTS) is 1. The molecule has 7 heteroatoms. The number of hydrogen-bond acceptors (Lipinski definition) is 4. The summed E-state index contributed by atoms with van der Waals surface area (Å²) < 4.78 is 12.3. The van der Waals surface area contributed by atoms with Crippen LogP contribution in [0.15, 0.2) is 59.1 Å². The van der Waals surface area contributed by atoms with Gasteiger partial charge in [-0.3, -0.25) is 0 Å². The summed E-state index contributed by atoms with van der Waals surface area (Å²) in [7, 11) is 1.59. The summed E-state index contributed by atoms with van der Waals surface area (Å²) in [6.45, 7) is 2.66. The van der Waals surface area contributed by atoms with Crippen LogP contribution in [0.2, 0.25) is 5.02 Å². The highest BCUT2D eigenvalue weighted by Gasteiger charge is 2.13. The Morgan fingerprint density at radius 2 is 1.87 bits per heavy atom. The van der Waals surface area contributed by atoms with Gasteiger partial charge in [0.25, 0.3) is 0 Å². The van der Waals surface area contributed by atoms with Gasteiger partial charge in [-0.15, -0.1) is 0 Å². The van der Waals surface area contributed by atoms with E-state index in [0.717, 1.165) is 21.3 Å². The van der Waals surface area contributed by atoms with E-state index in [4.69, 9.17) is 21.1 Å². The molecule has 0 fully saturated rings. The van der Waals surface area contributed by atoms with Gasteiger partial charge in [-0.2, -0.15) is 0 Å². The molecular formula is C23H21BrClNO4. The van der Waals surface area contributed by atoms with Crippen LogP contribution < -0.4 is 14.8 Å². The topological polar surface area (TPSA) is 67.8 Å². The Labute approximate surface area is 188 Å². The first-order chi connectivity index (χ1) is 14.4. The highest BCUT2D eigenvalue weighted by molar-refractivity contribution is 9.10. The van der Waals surface area contributed by atoms with Gasteiger partial charge in [-0.25, -0.2) is 4.79 Å². The minimum atomic E-state index is -0.943. The minimum Gasteiger partial charge on any atom is -0.493 e. The third kappa shape index (κ3) is 5.26. The van der Waals surface area contributed by atoms with E-state index < -0.39 is 5.97 Å². The van der Waals surface area contributed by atoms with Crippen LogP contribution in [0.3, 0.4) is 0 Å². The lowest BCUT2D eigenvalue weighted by molar-refractivity contribution is 0.0696. The Balaban J connectivity index is 1.74. The van der Waals surface area contributed by atoms with Crippen molar-refractivity contribution in [2.24, 2.45) is 0 Å². The Morgan fingerprint density at radius 1 is 1.13 bits per heavy atom. The van der Waals surface area contributed by atoms with Crippen LogP contribution in [-0.4, -0.2) is 18.2 Å². The number of nitrogens with one attached hydrogen (secondary N) is 1. The molecule has 3 aromatic carbocycles. The van der Waals surface area contributed by atoms with Crippen LogP contribution in [0.1, 0.15) is 27.0 Å². The van der Waals surface area contributed by atoms with Gasteiger partial charge in [-0.1, -0.05) is 45.7 Å². The number of methoxy groups -OCH3 is 1. The largest absolute Gasteiger partial charge is 0.493 e. The van der Waals surface area contributed by atoms with Gasteiger partial charge in [0.1, 0.15) is 6.61 Å². The molecular weight excluding hydrogens is 470 g/mol. The van der Waals surface area contributed by atoms with Gasteiger partial charge >= 0.3 is 5.97 Å². The Kier molecular flexibility index (Phi) is 7.24. The predicted molar refractivity (Wildman–Crippen MR) is 122 cm³/mol. The molecule has 0 heterocycles. The van der Waals surface area contributed by atoms with E-state index in [1.54, 1.807) is 26.2 Å². The van der Waals surface area contributed by atoms with E-state index >= 15 is 0 Å². The first-order valence-corrected chi connectivity index (χ1v) is 10.4. The Bertz CT molecular complexity index is 1050. The van der Waals surface area contributed by atoms with E-state index in [1.165, 1.54) is 0 Å². The average Bonchev–Trinajstić information content (AvgIpc) is 2.73. The zero-order valence-corrected chi connectivity index (χ0v) is 18.9. The number of rotatable bonds is 8. The van der Waals surface area contributed by atoms with Gasteiger partial charge in [-0.05, 0) is 60.0 Å². The zero-order valence-electron chi connectivity index (χ0n) is 16.5. The lowest BCUT2D eigenvalue weighted by Gasteiger charge is -2.16. The number of aromatic carboxylic acids is 1. The molecule has 5 nitrogen and oxygen atoms in total. The standard InChI is InChI=1S/C23H21BrClNO4/c1-14-18(23(27)28)4-3-5-20(14)26-12-16-10-21(29-2)22(11-19(16)24)30-13-15-6-8-17(25)9-7-15/h3-11,26H,12-13H2,1-2H3,(H,27,28). The molecule has 30 heavy (non-hydrogen) atoms. The van der Waals surface area contributed by atoms with Crippen molar-refractivity contribution in [2.45, 2.75) is 20.1 Å². The molecule has 0 bridgehead atoms. The summed E-state index contributed by atoms with van der Waals surface area (Å²) in [5.41, 5.74) is 3.69. The number of anilines is 1. The maximum atomic E-state index is 11.3. The van der Waals surface area contributed by atoms with E-state index in [1.807, 2.05) is 42.5 Å². The number of halogens is 2. The van der Waals surface area contributed by atoms with Crippen LogP contribution in [0, 0.1) is 6.92 Å². The molecule has 0 atom stereocenters. The molecule has 0 spiro atoms. The van der Waals surface area contributed by atoms with Gasteiger partial charge in [0.15, 0.2) is 11.5 Å². The number of benzene rings is 3. The van der Waals surface area contributed by atoms with Gasteiger partial charge < -0.3 is 19.9 Å². The van der Waals surface area contributed by atoms with Crippen molar-refractivity contribution in [1.29, 1.82) is 0 Å². The van der Waals surface area contributed by atoms with Crippen LogP contribution >= 0.6 is 27.5 Å². The maximum absolute atomic E-state index is 11.3. The predicted octanol–water partition coefficient (Wildman–Crippen LogP) is 6.31. The Morgan fingerprint density at radius 3 is 2.53 bits per heavy atom. The molecule has 2 N–H and O–H groups in total. The fourth-order valence-electron chi connectivity index (χ4n) is 2.98. The van der Waals surface area contributed by atoms with Crippen molar-refractivity contribution >= 4 is 39.2 Å². The lowest BCUT2D eigenvalue weighted by Crippen LogP contribution is -2.06. The van der Waals surface area contributed by atoms with E-state index in [9.17, 15) is 9.90 Å². The molecule has 3 aromatic rings. The first kappa shape index (κ1) is 22.0.